The standard InChI is InChI=1S/C24H22N6O3/c1-14(31)27-18-5-2-15(3-6-18)16-4-7-21-19(10-16)20-13-30(9-8-22(20)28-21)24-25-11-17(12-26-24)23(32)29-33/h2-7,10-12,28,33H,8-9,13H2,1H3,(H,27,31)(H,29,32). The molecule has 0 radical (unpaired) electrons. The predicted octanol–water partition coefficient (Wildman–Crippen LogP) is 3.27. The van der Waals surface area contributed by atoms with E-state index in [9.17, 15) is 9.59 Å². The molecule has 9 nitrogen and oxygen atoms in total. The van der Waals surface area contributed by atoms with E-state index in [1.165, 1.54) is 30.6 Å². The minimum atomic E-state index is -0.642. The molecule has 0 spiro atoms. The maximum atomic E-state index is 11.5. The summed E-state index contributed by atoms with van der Waals surface area (Å²) in [6.45, 7) is 2.89. The van der Waals surface area contributed by atoms with E-state index in [2.05, 4.69) is 43.4 Å². The topological polar surface area (TPSA) is 123 Å². The van der Waals surface area contributed by atoms with E-state index in [0.29, 0.717) is 12.5 Å². The van der Waals surface area contributed by atoms with E-state index in [4.69, 9.17) is 5.21 Å². The Bertz CT molecular complexity index is 1350. The number of hydrogen-bond acceptors (Lipinski definition) is 6. The third kappa shape index (κ3) is 4.01. The lowest BCUT2D eigenvalue weighted by Gasteiger charge is -2.27. The highest BCUT2D eigenvalue weighted by molar-refractivity contribution is 5.93. The second kappa shape index (κ2) is 8.36. The summed E-state index contributed by atoms with van der Waals surface area (Å²) in [6.07, 6.45) is 3.63. The zero-order valence-electron chi connectivity index (χ0n) is 17.9. The summed E-state index contributed by atoms with van der Waals surface area (Å²) in [7, 11) is 0. The molecule has 166 valence electrons. The molecular formula is C24H22N6O3. The van der Waals surface area contributed by atoms with Crippen molar-refractivity contribution in [3.8, 4) is 11.1 Å². The van der Waals surface area contributed by atoms with Crippen molar-refractivity contribution in [1.29, 1.82) is 0 Å². The molecule has 4 aromatic rings. The number of aromatic nitrogens is 3. The minimum absolute atomic E-state index is 0.0945. The lowest BCUT2D eigenvalue weighted by atomic mass is 10.00. The predicted molar refractivity (Wildman–Crippen MR) is 124 cm³/mol. The summed E-state index contributed by atoms with van der Waals surface area (Å²) in [4.78, 5) is 37.0. The highest BCUT2D eigenvalue weighted by Crippen LogP contribution is 2.32. The van der Waals surface area contributed by atoms with Crippen LogP contribution in [0.25, 0.3) is 22.0 Å². The molecule has 9 heteroatoms. The third-order valence-electron chi connectivity index (χ3n) is 5.80. The third-order valence-corrected chi connectivity index (χ3v) is 5.80. The number of nitrogens with zero attached hydrogens (tertiary/aromatic N) is 3. The van der Waals surface area contributed by atoms with Crippen LogP contribution < -0.4 is 15.7 Å². The van der Waals surface area contributed by atoms with Crippen LogP contribution in [0.1, 0.15) is 28.5 Å². The lowest BCUT2D eigenvalue weighted by Crippen LogP contribution is -2.31. The first-order valence-corrected chi connectivity index (χ1v) is 10.5. The summed E-state index contributed by atoms with van der Waals surface area (Å²) < 4.78 is 0. The van der Waals surface area contributed by atoms with Gasteiger partial charge in [0.05, 0.1) is 5.56 Å². The molecule has 0 atom stereocenters. The van der Waals surface area contributed by atoms with Crippen molar-refractivity contribution in [1.82, 2.24) is 20.4 Å². The molecule has 0 unspecified atom stereocenters. The molecule has 2 amide bonds. The van der Waals surface area contributed by atoms with Crippen LogP contribution in [0.2, 0.25) is 0 Å². The molecule has 2 aromatic carbocycles. The fourth-order valence-corrected chi connectivity index (χ4v) is 4.18. The van der Waals surface area contributed by atoms with Gasteiger partial charge in [0.25, 0.3) is 5.91 Å². The zero-order valence-corrected chi connectivity index (χ0v) is 17.9. The summed E-state index contributed by atoms with van der Waals surface area (Å²) in [5.74, 6) is -0.200. The lowest BCUT2D eigenvalue weighted by molar-refractivity contribution is -0.114. The van der Waals surface area contributed by atoms with Gasteiger partial charge in [0, 0.05) is 66.7 Å². The second-order valence-electron chi connectivity index (χ2n) is 7.99. The van der Waals surface area contributed by atoms with Gasteiger partial charge in [-0.25, -0.2) is 15.4 Å². The van der Waals surface area contributed by atoms with Crippen molar-refractivity contribution < 1.29 is 14.8 Å². The van der Waals surface area contributed by atoms with Crippen molar-refractivity contribution in [2.45, 2.75) is 19.9 Å². The van der Waals surface area contributed by atoms with Crippen LogP contribution in [-0.4, -0.2) is 38.5 Å². The molecule has 33 heavy (non-hydrogen) atoms. The Morgan fingerprint density at radius 1 is 1.06 bits per heavy atom. The molecule has 0 bridgehead atoms. The number of rotatable bonds is 4. The van der Waals surface area contributed by atoms with E-state index in [1.807, 2.05) is 24.3 Å². The van der Waals surface area contributed by atoms with E-state index in [-0.39, 0.29) is 11.5 Å². The molecule has 0 fully saturated rings. The molecule has 0 aliphatic carbocycles. The highest BCUT2D eigenvalue weighted by atomic mass is 16.5. The number of anilines is 2. The fraction of sp³-hybridized carbons (Fsp3) is 0.167. The normalized spacial score (nSPS) is 13.0. The van der Waals surface area contributed by atoms with Crippen LogP contribution in [0, 0.1) is 0 Å². The SMILES string of the molecule is CC(=O)Nc1ccc(-c2ccc3[nH]c4c(c3c2)CN(c2ncc(C(=O)NO)cn2)CC4)cc1. The maximum absolute atomic E-state index is 11.5. The average Bonchev–Trinajstić information content (AvgIpc) is 3.21. The van der Waals surface area contributed by atoms with Gasteiger partial charge in [-0.05, 0) is 35.4 Å². The Morgan fingerprint density at radius 2 is 1.79 bits per heavy atom. The summed E-state index contributed by atoms with van der Waals surface area (Å²) in [5.41, 5.74) is 8.19. The molecule has 0 saturated carbocycles. The number of carbonyl (C=O) groups excluding carboxylic acids is 2. The quantitative estimate of drug-likeness (QED) is 0.284. The van der Waals surface area contributed by atoms with E-state index in [1.54, 1.807) is 5.48 Å². The van der Waals surface area contributed by atoms with Gasteiger partial charge in [0.2, 0.25) is 11.9 Å². The van der Waals surface area contributed by atoms with Crippen LogP contribution >= 0.6 is 0 Å². The van der Waals surface area contributed by atoms with Crippen LogP contribution in [0.5, 0.6) is 0 Å². The fourth-order valence-electron chi connectivity index (χ4n) is 4.18. The first-order valence-electron chi connectivity index (χ1n) is 10.5. The number of carbonyl (C=O) groups is 2. The second-order valence-corrected chi connectivity index (χ2v) is 7.99. The molecule has 0 saturated heterocycles. The van der Waals surface area contributed by atoms with Gasteiger partial charge >= 0.3 is 0 Å². The number of fused-ring (bicyclic) bond motifs is 3. The number of H-pyrrole nitrogens is 1. The van der Waals surface area contributed by atoms with E-state index in [0.717, 1.165) is 40.7 Å². The van der Waals surface area contributed by atoms with Gasteiger partial charge in [0.15, 0.2) is 0 Å². The number of benzene rings is 2. The largest absolute Gasteiger partial charge is 0.358 e. The molecule has 4 N–H and O–H groups in total. The molecule has 1 aliphatic heterocycles. The molecule has 3 heterocycles. The molecule has 5 rings (SSSR count). The van der Waals surface area contributed by atoms with Crippen molar-refractivity contribution in [2.75, 3.05) is 16.8 Å². The van der Waals surface area contributed by atoms with E-state index >= 15 is 0 Å². The van der Waals surface area contributed by atoms with Crippen molar-refractivity contribution in [2.24, 2.45) is 0 Å². The highest BCUT2D eigenvalue weighted by Gasteiger charge is 2.23. The minimum Gasteiger partial charge on any atom is -0.358 e. The van der Waals surface area contributed by atoms with Crippen molar-refractivity contribution in [3.63, 3.8) is 0 Å². The smallest absolute Gasteiger partial charge is 0.277 e. The number of hydroxylamine groups is 1. The number of nitrogens with one attached hydrogen (secondary N) is 3. The monoisotopic (exact) mass is 442 g/mol. The van der Waals surface area contributed by atoms with Gasteiger partial charge in [-0.1, -0.05) is 18.2 Å². The summed E-state index contributed by atoms with van der Waals surface area (Å²) in [6, 6.07) is 14.1. The Kier molecular flexibility index (Phi) is 5.23. The molecule has 2 aromatic heterocycles. The van der Waals surface area contributed by atoms with E-state index < -0.39 is 5.91 Å². The summed E-state index contributed by atoms with van der Waals surface area (Å²) in [5, 5.41) is 12.7. The van der Waals surface area contributed by atoms with Crippen molar-refractivity contribution >= 4 is 34.4 Å². The average molecular weight is 442 g/mol. The van der Waals surface area contributed by atoms with Gasteiger partial charge in [-0.3, -0.25) is 14.8 Å². The van der Waals surface area contributed by atoms with Crippen molar-refractivity contribution in [3.05, 3.63) is 71.7 Å². The van der Waals surface area contributed by atoms with Gasteiger partial charge in [-0.2, -0.15) is 0 Å². The maximum Gasteiger partial charge on any atom is 0.277 e. The zero-order chi connectivity index (χ0) is 22.9. The Morgan fingerprint density at radius 3 is 2.48 bits per heavy atom. The van der Waals surface area contributed by atoms with Crippen LogP contribution in [0.3, 0.4) is 0 Å². The first kappa shape index (κ1) is 20.7. The molecular weight excluding hydrogens is 420 g/mol. The Labute approximate surface area is 189 Å². The van der Waals surface area contributed by atoms with Gasteiger partial charge < -0.3 is 15.2 Å². The molecule has 1 aliphatic rings. The Hall–Kier alpha value is -4.24. The van der Waals surface area contributed by atoms with Gasteiger partial charge in [-0.15, -0.1) is 0 Å². The first-order chi connectivity index (χ1) is 16.0. The van der Waals surface area contributed by atoms with Crippen LogP contribution in [-0.2, 0) is 17.8 Å². The number of hydrogen-bond donors (Lipinski definition) is 4. The number of amides is 2. The summed E-state index contributed by atoms with van der Waals surface area (Å²) >= 11 is 0. The van der Waals surface area contributed by atoms with Crippen LogP contribution in [0.15, 0.2) is 54.9 Å². The Balaban J connectivity index is 1.43. The van der Waals surface area contributed by atoms with Crippen LogP contribution in [0.4, 0.5) is 11.6 Å². The van der Waals surface area contributed by atoms with Gasteiger partial charge in [0.1, 0.15) is 0 Å². The number of aromatic amines is 1.